The smallest absolute Gasteiger partial charge is 0.271 e. The van der Waals surface area contributed by atoms with Crippen LogP contribution in [0.3, 0.4) is 0 Å². The number of aromatic nitrogens is 2. The molecule has 0 saturated heterocycles. The highest BCUT2D eigenvalue weighted by atomic mass is 16.2. The van der Waals surface area contributed by atoms with Crippen LogP contribution in [0.15, 0.2) is 12.4 Å². The highest BCUT2D eigenvalue weighted by Gasteiger charge is 2.09. The predicted octanol–water partition coefficient (Wildman–Crippen LogP) is 0.164. The minimum atomic E-state index is -0.337. The molecule has 0 aliphatic rings. The van der Waals surface area contributed by atoms with Crippen molar-refractivity contribution in [2.75, 3.05) is 25.0 Å². The van der Waals surface area contributed by atoms with Crippen molar-refractivity contribution in [3.63, 3.8) is 0 Å². The molecule has 7 heteroatoms. The van der Waals surface area contributed by atoms with Crippen molar-refractivity contribution in [1.82, 2.24) is 20.6 Å². The summed E-state index contributed by atoms with van der Waals surface area (Å²) in [5, 5.41) is 8.26. The SMILES string of the molecule is CCNC(=O)CCNC(=O)c1cncc(NCC)n1. The summed E-state index contributed by atoms with van der Waals surface area (Å²) < 4.78 is 0. The second kappa shape index (κ2) is 8.02. The fourth-order valence-electron chi connectivity index (χ4n) is 1.41. The number of carbonyl (C=O) groups is 2. The van der Waals surface area contributed by atoms with Gasteiger partial charge in [-0.3, -0.25) is 14.6 Å². The molecule has 1 aromatic rings. The van der Waals surface area contributed by atoms with Crippen LogP contribution in [-0.4, -0.2) is 41.4 Å². The maximum Gasteiger partial charge on any atom is 0.271 e. The summed E-state index contributed by atoms with van der Waals surface area (Å²) in [7, 11) is 0. The molecule has 0 aromatic carbocycles. The van der Waals surface area contributed by atoms with Crippen LogP contribution >= 0.6 is 0 Å². The van der Waals surface area contributed by atoms with Crippen molar-refractivity contribution >= 4 is 17.6 Å². The van der Waals surface area contributed by atoms with Gasteiger partial charge in [-0.1, -0.05) is 0 Å². The van der Waals surface area contributed by atoms with E-state index in [1.165, 1.54) is 6.20 Å². The molecule has 0 radical (unpaired) electrons. The lowest BCUT2D eigenvalue weighted by molar-refractivity contribution is -0.120. The lowest BCUT2D eigenvalue weighted by Crippen LogP contribution is -2.31. The summed E-state index contributed by atoms with van der Waals surface area (Å²) in [6.07, 6.45) is 3.19. The summed E-state index contributed by atoms with van der Waals surface area (Å²) in [5.74, 6) is 0.130. The highest BCUT2D eigenvalue weighted by molar-refractivity contribution is 5.92. The standard InChI is InChI=1S/C12H19N5O2/c1-3-14-10-8-13-7-9(17-10)12(19)16-6-5-11(18)15-4-2/h7-8H,3-6H2,1-2H3,(H,14,17)(H,15,18)(H,16,19). The van der Waals surface area contributed by atoms with Gasteiger partial charge in [-0.15, -0.1) is 0 Å². The van der Waals surface area contributed by atoms with E-state index in [-0.39, 0.29) is 30.5 Å². The van der Waals surface area contributed by atoms with Gasteiger partial charge in [-0.25, -0.2) is 4.98 Å². The molecule has 3 N–H and O–H groups in total. The van der Waals surface area contributed by atoms with Crippen LogP contribution in [0.5, 0.6) is 0 Å². The Kier molecular flexibility index (Phi) is 6.28. The molecule has 1 rings (SSSR count). The third-order valence-electron chi connectivity index (χ3n) is 2.24. The van der Waals surface area contributed by atoms with E-state index in [4.69, 9.17) is 0 Å². The average Bonchev–Trinajstić information content (AvgIpc) is 2.39. The molecule has 0 unspecified atom stereocenters. The summed E-state index contributed by atoms with van der Waals surface area (Å²) in [5.41, 5.74) is 0.231. The summed E-state index contributed by atoms with van der Waals surface area (Å²) in [6.45, 7) is 5.34. The van der Waals surface area contributed by atoms with Gasteiger partial charge in [0.1, 0.15) is 11.5 Å². The Morgan fingerprint density at radius 3 is 2.63 bits per heavy atom. The largest absolute Gasteiger partial charge is 0.369 e. The number of amides is 2. The van der Waals surface area contributed by atoms with Gasteiger partial charge in [-0.05, 0) is 13.8 Å². The minimum Gasteiger partial charge on any atom is -0.369 e. The quantitative estimate of drug-likeness (QED) is 0.653. The summed E-state index contributed by atoms with van der Waals surface area (Å²) >= 11 is 0. The molecule has 104 valence electrons. The molecule has 0 aliphatic heterocycles. The normalized spacial score (nSPS) is 9.79. The lowest BCUT2D eigenvalue weighted by Gasteiger charge is -2.06. The van der Waals surface area contributed by atoms with E-state index < -0.39 is 0 Å². The first-order valence-electron chi connectivity index (χ1n) is 6.28. The van der Waals surface area contributed by atoms with Gasteiger partial charge in [0.15, 0.2) is 0 Å². The number of nitrogens with one attached hydrogen (secondary N) is 3. The molecule has 2 amide bonds. The van der Waals surface area contributed by atoms with E-state index in [0.717, 1.165) is 0 Å². The number of anilines is 1. The molecular weight excluding hydrogens is 246 g/mol. The van der Waals surface area contributed by atoms with E-state index >= 15 is 0 Å². The highest BCUT2D eigenvalue weighted by Crippen LogP contribution is 2.01. The maximum atomic E-state index is 11.8. The Bertz CT molecular complexity index is 436. The first kappa shape index (κ1) is 14.9. The topological polar surface area (TPSA) is 96.0 Å². The number of nitrogens with zero attached hydrogens (tertiary/aromatic N) is 2. The Hall–Kier alpha value is -2.18. The van der Waals surface area contributed by atoms with Gasteiger partial charge in [0.05, 0.1) is 12.4 Å². The van der Waals surface area contributed by atoms with Crippen molar-refractivity contribution in [3.8, 4) is 0 Å². The third kappa shape index (κ3) is 5.33. The van der Waals surface area contributed by atoms with Gasteiger partial charge in [0.2, 0.25) is 5.91 Å². The van der Waals surface area contributed by atoms with Gasteiger partial charge < -0.3 is 16.0 Å². The van der Waals surface area contributed by atoms with E-state index in [1.54, 1.807) is 6.20 Å². The summed E-state index contributed by atoms with van der Waals surface area (Å²) in [4.78, 5) is 31.0. The first-order valence-corrected chi connectivity index (χ1v) is 6.28. The zero-order chi connectivity index (χ0) is 14.1. The number of rotatable bonds is 7. The van der Waals surface area contributed by atoms with Crippen molar-refractivity contribution in [2.24, 2.45) is 0 Å². The molecule has 1 aromatic heterocycles. The Balaban J connectivity index is 2.44. The van der Waals surface area contributed by atoms with Crippen molar-refractivity contribution in [3.05, 3.63) is 18.1 Å². The van der Waals surface area contributed by atoms with E-state index in [2.05, 4.69) is 25.9 Å². The van der Waals surface area contributed by atoms with Gasteiger partial charge in [0, 0.05) is 26.1 Å². The summed E-state index contributed by atoms with van der Waals surface area (Å²) in [6, 6.07) is 0. The van der Waals surface area contributed by atoms with Gasteiger partial charge >= 0.3 is 0 Å². The van der Waals surface area contributed by atoms with E-state index in [9.17, 15) is 9.59 Å². The number of carbonyl (C=O) groups excluding carboxylic acids is 2. The fourth-order valence-corrected chi connectivity index (χ4v) is 1.41. The molecule has 0 spiro atoms. The molecule has 0 aliphatic carbocycles. The molecule has 0 saturated carbocycles. The number of hydrogen-bond acceptors (Lipinski definition) is 5. The van der Waals surface area contributed by atoms with E-state index in [1.807, 2.05) is 13.8 Å². The van der Waals surface area contributed by atoms with Crippen LogP contribution in [-0.2, 0) is 4.79 Å². The van der Waals surface area contributed by atoms with Crippen LogP contribution < -0.4 is 16.0 Å². The Morgan fingerprint density at radius 1 is 1.16 bits per heavy atom. The fraction of sp³-hybridized carbons (Fsp3) is 0.500. The molecule has 1 heterocycles. The van der Waals surface area contributed by atoms with Gasteiger partial charge in [-0.2, -0.15) is 0 Å². The van der Waals surface area contributed by atoms with Crippen molar-refractivity contribution < 1.29 is 9.59 Å². The van der Waals surface area contributed by atoms with E-state index in [0.29, 0.717) is 18.9 Å². The van der Waals surface area contributed by atoms with Crippen LogP contribution in [0.4, 0.5) is 5.82 Å². The van der Waals surface area contributed by atoms with Gasteiger partial charge in [0.25, 0.3) is 5.91 Å². The molecule has 7 nitrogen and oxygen atoms in total. The first-order chi connectivity index (χ1) is 9.17. The minimum absolute atomic E-state index is 0.0877. The van der Waals surface area contributed by atoms with Crippen molar-refractivity contribution in [2.45, 2.75) is 20.3 Å². The monoisotopic (exact) mass is 265 g/mol. The molecular formula is C12H19N5O2. The van der Waals surface area contributed by atoms with Crippen LogP contribution in [0.25, 0.3) is 0 Å². The molecule has 0 fully saturated rings. The van der Waals surface area contributed by atoms with Crippen LogP contribution in [0, 0.1) is 0 Å². The molecule has 0 bridgehead atoms. The lowest BCUT2D eigenvalue weighted by atomic mass is 10.3. The van der Waals surface area contributed by atoms with Crippen LogP contribution in [0.1, 0.15) is 30.8 Å². The second-order valence-corrected chi connectivity index (χ2v) is 3.78. The zero-order valence-electron chi connectivity index (χ0n) is 11.2. The predicted molar refractivity (Wildman–Crippen MR) is 71.8 cm³/mol. The number of hydrogen-bond donors (Lipinski definition) is 3. The Labute approximate surface area is 112 Å². The third-order valence-corrected chi connectivity index (χ3v) is 2.24. The second-order valence-electron chi connectivity index (χ2n) is 3.78. The van der Waals surface area contributed by atoms with Crippen molar-refractivity contribution in [1.29, 1.82) is 0 Å². The molecule has 0 atom stereocenters. The van der Waals surface area contributed by atoms with Crippen LogP contribution in [0.2, 0.25) is 0 Å². The maximum absolute atomic E-state index is 11.8. The zero-order valence-corrected chi connectivity index (χ0v) is 11.2. The Morgan fingerprint density at radius 2 is 1.95 bits per heavy atom. The molecule has 19 heavy (non-hydrogen) atoms. The average molecular weight is 265 g/mol.